The largest absolute Gasteiger partial charge is 0.459 e. The van der Waals surface area contributed by atoms with E-state index in [9.17, 15) is 9.59 Å². The first-order chi connectivity index (χ1) is 10.1. The molecule has 1 spiro atoms. The number of rotatable bonds is 1. The first kappa shape index (κ1) is 14.4. The average Bonchev–Trinajstić information content (AvgIpc) is 3.26. The molecular formula is C17H22O5. The fourth-order valence-electron chi connectivity index (χ4n) is 4.60. The van der Waals surface area contributed by atoms with E-state index in [2.05, 4.69) is 13.8 Å². The Morgan fingerprint density at radius 1 is 1.36 bits per heavy atom. The monoisotopic (exact) mass is 306 g/mol. The van der Waals surface area contributed by atoms with Gasteiger partial charge in [0.2, 0.25) is 0 Å². The highest BCUT2D eigenvalue weighted by atomic mass is 16.6. The zero-order valence-corrected chi connectivity index (χ0v) is 13.6. The van der Waals surface area contributed by atoms with E-state index in [-0.39, 0.29) is 41.4 Å². The molecule has 0 aromatic heterocycles. The summed E-state index contributed by atoms with van der Waals surface area (Å²) in [7, 11) is 0. The van der Waals surface area contributed by atoms with Gasteiger partial charge < -0.3 is 14.2 Å². The molecule has 2 aliphatic carbocycles. The third kappa shape index (κ3) is 1.56. The van der Waals surface area contributed by atoms with Crippen molar-refractivity contribution in [3.8, 4) is 0 Å². The van der Waals surface area contributed by atoms with Gasteiger partial charge in [-0.2, -0.15) is 0 Å². The number of hydrogen-bond donors (Lipinski definition) is 0. The van der Waals surface area contributed by atoms with Gasteiger partial charge in [-0.25, -0.2) is 0 Å². The molecule has 2 heterocycles. The predicted molar refractivity (Wildman–Crippen MR) is 77.1 cm³/mol. The molecule has 0 aromatic rings. The number of epoxide rings is 2. The van der Waals surface area contributed by atoms with Crippen LogP contribution in [-0.2, 0) is 23.8 Å². The molecule has 0 amide bonds. The standard InChI is InChI=1S/C17H22O5/c1-8-12(20-9(2)18)14-13(21-14)10-6-11(19)17(7-16(8,10)5)15(3,4)22-17/h6,8,12-14H,7H2,1-5H3/t8-,12+,13+,14-,16-,17+/m1/s1. The van der Waals surface area contributed by atoms with E-state index >= 15 is 0 Å². The highest BCUT2D eigenvalue weighted by molar-refractivity contribution is 6.02. The molecule has 6 atom stereocenters. The number of esters is 1. The van der Waals surface area contributed by atoms with E-state index in [0.717, 1.165) is 5.57 Å². The van der Waals surface area contributed by atoms with Crippen molar-refractivity contribution >= 4 is 11.8 Å². The Morgan fingerprint density at radius 3 is 2.55 bits per heavy atom. The molecule has 5 heteroatoms. The molecule has 22 heavy (non-hydrogen) atoms. The van der Waals surface area contributed by atoms with Crippen molar-refractivity contribution < 1.29 is 23.8 Å². The topological polar surface area (TPSA) is 68.4 Å². The Labute approximate surface area is 130 Å². The van der Waals surface area contributed by atoms with Crippen LogP contribution in [0.25, 0.3) is 0 Å². The van der Waals surface area contributed by atoms with Crippen molar-refractivity contribution in [3.05, 3.63) is 11.6 Å². The highest BCUT2D eigenvalue weighted by Gasteiger charge is 2.75. The Morgan fingerprint density at radius 2 is 2.00 bits per heavy atom. The summed E-state index contributed by atoms with van der Waals surface area (Å²) >= 11 is 0. The molecule has 0 radical (unpaired) electrons. The number of hydrogen-bond acceptors (Lipinski definition) is 5. The van der Waals surface area contributed by atoms with Crippen LogP contribution in [-0.4, -0.2) is 41.3 Å². The minimum Gasteiger partial charge on any atom is -0.459 e. The second kappa shape index (κ2) is 3.82. The predicted octanol–water partition coefficient (Wildman–Crippen LogP) is 1.79. The van der Waals surface area contributed by atoms with E-state index in [1.807, 2.05) is 13.8 Å². The lowest BCUT2D eigenvalue weighted by Gasteiger charge is -2.47. The van der Waals surface area contributed by atoms with Gasteiger partial charge in [-0.3, -0.25) is 9.59 Å². The van der Waals surface area contributed by atoms with E-state index in [4.69, 9.17) is 14.2 Å². The van der Waals surface area contributed by atoms with E-state index in [1.54, 1.807) is 6.08 Å². The Bertz CT molecular complexity index is 621. The van der Waals surface area contributed by atoms with Gasteiger partial charge in [0.1, 0.15) is 23.9 Å². The SMILES string of the molecule is CC(=O)O[C@@H]1[C@H]2O[C@H]2C2=CC(=O)[C@]3(C[C@]2(C)[C@@H]1C)OC3(C)C. The summed E-state index contributed by atoms with van der Waals surface area (Å²) in [5.74, 6) is -0.152. The maximum absolute atomic E-state index is 12.6. The van der Waals surface area contributed by atoms with Gasteiger partial charge in [0.05, 0.1) is 0 Å². The van der Waals surface area contributed by atoms with Gasteiger partial charge >= 0.3 is 5.97 Å². The Balaban J connectivity index is 1.74. The van der Waals surface area contributed by atoms with Gasteiger partial charge in [0.25, 0.3) is 0 Å². The molecular weight excluding hydrogens is 284 g/mol. The third-order valence-corrected chi connectivity index (χ3v) is 6.28. The first-order valence-electron chi connectivity index (χ1n) is 7.92. The Hall–Kier alpha value is -1.20. The normalized spacial score (nSPS) is 50.8. The van der Waals surface area contributed by atoms with Gasteiger partial charge in [-0.1, -0.05) is 13.8 Å². The summed E-state index contributed by atoms with van der Waals surface area (Å²) in [5, 5.41) is 0. The smallest absolute Gasteiger partial charge is 0.303 e. The third-order valence-electron chi connectivity index (χ3n) is 6.28. The molecule has 5 nitrogen and oxygen atoms in total. The van der Waals surface area contributed by atoms with Gasteiger partial charge in [-0.15, -0.1) is 0 Å². The molecule has 2 saturated heterocycles. The van der Waals surface area contributed by atoms with Crippen LogP contribution in [0.5, 0.6) is 0 Å². The molecule has 0 aromatic carbocycles. The van der Waals surface area contributed by atoms with Crippen LogP contribution in [0, 0.1) is 11.3 Å². The number of fused-ring (bicyclic) bond motifs is 3. The zero-order chi connectivity index (χ0) is 16.1. The fourth-order valence-corrected chi connectivity index (χ4v) is 4.60. The molecule has 4 rings (SSSR count). The maximum Gasteiger partial charge on any atom is 0.303 e. The van der Waals surface area contributed by atoms with Crippen LogP contribution in [0.2, 0.25) is 0 Å². The summed E-state index contributed by atoms with van der Waals surface area (Å²) in [4.78, 5) is 24.0. The molecule has 120 valence electrons. The summed E-state index contributed by atoms with van der Waals surface area (Å²) in [6.45, 7) is 9.57. The Kier molecular flexibility index (Phi) is 2.50. The quantitative estimate of drug-likeness (QED) is 0.546. The van der Waals surface area contributed by atoms with Crippen molar-refractivity contribution in [2.75, 3.05) is 0 Å². The number of carbonyl (C=O) groups is 2. The summed E-state index contributed by atoms with van der Waals surface area (Å²) in [6.07, 6.45) is 1.92. The lowest BCUT2D eigenvalue weighted by Crippen LogP contribution is -2.53. The van der Waals surface area contributed by atoms with Crippen molar-refractivity contribution in [1.29, 1.82) is 0 Å². The van der Waals surface area contributed by atoms with Crippen molar-refractivity contribution in [2.24, 2.45) is 11.3 Å². The number of ketones is 1. The molecule has 0 bridgehead atoms. The minimum absolute atomic E-state index is 0.0531. The second-order valence-electron chi connectivity index (χ2n) is 7.88. The van der Waals surface area contributed by atoms with E-state index < -0.39 is 11.2 Å². The van der Waals surface area contributed by atoms with Gasteiger partial charge in [0, 0.05) is 18.3 Å². The van der Waals surface area contributed by atoms with Crippen LogP contribution in [0.4, 0.5) is 0 Å². The summed E-state index contributed by atoms with van der Waals surface area (Å²) in [6, 6.07) is 0. The van der Waals surface area contributed by atoms with Crippen molar-refractivity contribution in [3.63, 3.8) is 0 Å². The number of carbonyl (C=O) groups excluding carboxylic acids is 2. The van der Waals surface area contributed by atoms with Gasteiger partial charge in [0.15, 0.2) is 11.4 Å². The van der Waals surface area contributed by atoms with Crippen molar-refractivity contribution in [1.82, 2.24) is 0 Å². The summed E-state index contributed by atoms with van der Waals surface area (Å²) in [5.41, 5.74) is -0.343. The molecule has 4 aliphatic rings. The molecule has 0 N–H and O–H groups in total. The zero-order valence-electron chi connectivity index (χ0n) is 13.6. The average molecular weight is 306 g/mol. The van der Waals surface area contributed by atoms with Crippen LogP contribution in [0.15, 0.2) is 11.6 Å². The lowest BCUT2D eigenvalue weighted by molar-refractivity contribution is -0.153. The van der Waals surface area contributed by atoms with E-state index in [1.165, 1.54) is 6.92 Å². The lowest BCUT2D eigenvalue weighted by atomic mass is 9.56. The van der Waals surface area contributed by atoms with Crippen LogP contribution in [0.3, 0.4) is 0 Å². The number of ether oxygens (including phenoxy) is 3. The maximum atomic E-state index is 12.6. The van der Waals surface area contributed by atoms with Crippen LogP contribution >= 0.6 is 0 Å². The van der Waals surface area contributed by atoms with Gasteiger partial charge in [-0.05, 0) is 31.9 Å². The first-order valence-corrected chi connectivity index (χ1v) is 7.92. The fraction of sp³-hybridized carbons (Fsp3) is 0.765. The highest BCUT2D eigenvalue weighted by Crippen LogP contribution is 2.65. The molecule has 3 fully saturated rings. The molecule has 1 saturated carbocycles. The van der Waals surface area contributed by atoms with Crippen LogP contribution < -0.4 is 0 Å². The van der Waals surface area contributed by atoms with E-state index in [0.29, 0.717) is 6.42 Å². The van der Waals surface area contributed by atoms with Crippen LogP contribution in [0.1, 0.15) is 41.0 Å². The second-order valence-corrected chi connectivity index (χ2v) is 7.88. The molecule has 0 unspecified atom stereocenters. The van der Waals surface area contributed by atoms with Crippen molar-refractivity contribution in [2.45, 2.75) is 70.6 Å². The summed E-state index contributed by atoms with van der Waals surface area (Å²) < 4.78 is 17.1. The minimum atomic E-state index is -0.720. The molecule has 2 aliphatic heterocycles.